The number of nitro groups is 1. The van der Waals surface area contributed by atoms with Crippen molar-refractivity contribution in [2.24, 2.45) is 0 Å². The van der Waals surface area contributed by atoms with Gasteiger partial charge in [0.25, 0.3) is 0 Å². The third-order valence-electron chi connectivity index (χ3n) is 2.15. The smallest absolute Gasteiger partial charge is 0.312 e. The van der Waals surface area contributed by atoms with Crippen molar-refractivity contribution >= 4 is 27.1 Å². The normalized spacial score (nSPS) is 11.3. The number of halogens is 1. The standard InChI is InChI=1S/C10H12ClNO6S/c1-17-3-4-18-9-5-7(11)10(19(2,15)16)6-8(9)12(13)14/h5-6H,3-4H2,1-2H3. The molecule has 9 heteroatoms. The molecule has 0 bridgehead atoms. The van der Waals surface area contributed by atoms with Crippen LogP contribution in [0.5, 0.6) is 5.75 Å². The molecule has 0 amide bonds. The zero-order valence-corrected chi connectivity index (χ0v) is 11.8. The summed E-state index contributed by atoms with van der Waals surface area (Å²) >= 11 is 5.79. The van der Waals surface area contributed by atoms with Crippen molar-refractivity contribution < 1.29 is 22.8 Å². The molecule has 106 valence electrons. The summed E-state index contributed by atoms with van der Waals surface area (Å²) in [5.41, 5.74) is -0.457. The molecule has 0 aromatic heterocycles. The molecule has 0 saturated heterocycles. The molecule has 0 aliphatic rings. The van der Waals surface area contributed by atoms with Crippen LogP contribution in [0, 0.1) is 10.1 Å². The van der Waals surface area contributed by atoms with Crippen molar-refractivity contribution in [2.45, 2.75) is 4.90 Å². The van der Waals surface area contributed by atoms with E-state index in [1.54, 1.807) is 0 Å². The van der Waals surface area contributed by atoms with Crippen LogP contribution in [-0.4, -0.2) is 39.9 Å². The molecule has 0 spiro atoms. The monoisotopic (exact) mass is 309 g/mol. The largest absolute Gasteiger partial charge is 0.484 e. The van der Waals surface area contributed by atoms with E-state index in [1.807, 2.05) is 0 Å². The van der Waals surface area contributed by atoms with Crippen LogP contribution in [0.1, 0.15) is 0 Å². The average Bonchev–Trinajstić information content (AvgIpc) is 2.27. The molecule has 0 unspecified atom stereocenters. The van der Waals surface area contributed by atoms with Gasteiger partial charge in [-0.1, -0.05) is 11.6 Å². The molecular weight excluding hydrogens is 298 g/mol. The van der Waals surface area contributed by atoms with Gasteiger partial charge in [0.2, 0.25) is 0 Å². The molecule has 1 aromatic carbocycles. The summed E-state index contributed by atoms with van der Waals surface area (Å²) in [6.07, 6.45) is 0.920. The van der Waals surface area contributed by atoms with Gasteiger partial charge in [-0.15, -0.1) is 0 Å². The van der Waals surface area contributed by atoms with E-state index in [4.69, 9.17) is 21.1 Å². The van der Waals surface area contributed by atoms with Gasteiger partial charge in [0.05, 0.1) is 21.4 Å². The SMILES string of the molecule is COCCOc1cc(Cl)c(S(C)(=O)=O)cc1[N+](=O)[O-]. The number of rotatable bonds is 6. The molecule has 0 saturated carbocycles. The molecule has 1 aromatic rings. The summed E-state index contributed by atoms with van der Waals surface area (Å²) in [6, 6.07) is 2.01. The Morgan fingerprint density at radius 2 is 2.00 bits per heavy atom. The highest BCUT2D eigenvalue weighted by Gasteiger charge is 2.23. The molecule has 0 heterocycles. The minimum Gasteiger partial charge on any atom is -0.484 e. The first kappa shape index (κ1) is 15.7. The van der Waals surface area contributed by atoms with Crippen LogP contribution < -0.4 is 4.74 Å². The first-order chi connectivity index (χ1) is 8.77. The minimum atomic E-state index is -3.65. The fourth-order valence-electron chi connectivity index (χ4n) is 1.30. The van der Waals surface area contributed by atoms with Crippen LogP contribution in [0.3, 0.4) is 0 Å². The zero-order chi connectivity index (χ0) is 14.6. The second kappa shape index (κ2) is 6.18. The molecule has 0 radical (unpaired) electrons. The Hall–Kier alpha value is -1.38. The predicted octanol–water partition coefficient (Wildman–Crippen LogP) is 1.68. The van der Waals surface area contributed by atoms with Gasteiger partial charge in [0, 0.05) is 25.5 Å². The number of methoxy groups -OCH3 is 1. The fraction of sp³-hybridized carbons (Fsp3) is 0.400. The van der Waals surface area contributed by atoms with Gasteiger partial charge in [0.1, 0.15) is 6.61 Å². The van der Waals surface area contributed by atoms with Crippen molar-refractivity contribution in [2.75, 3.05) is 26.6 Å². The van der Waals surface area contributed by atoms with Crippen molar-refractivity contribution in [1.29, 1.82) is 0 Å². The van der Waals surface area contributed by atoms with Crippen molar-refractivity contribution in [3.8, 4) is 5.75 Å². The van der Waals surface area contributed by atoms with E-state index in [0.717, 1.165) is 18.4 Å². The van der Waals surface area contributed by atoms with E-state index >= 15 is 0 Å². The van der Waals surface area contributed by atoms with Gasteiger partial charge in [0.15, 0.2) is 15.6 Å². The van der Waals surface area contributed by atoms with Gasteiger partial charge in [-0.2, -0.15) is 0 Å². The zero-order valence-electron chi connectivity index (χ0n) is 10.3. The van der Waals surface area contributed by atoms with E-state index in [1.165, 1.54) is 7.11 Å². The van der Waals surface area contributed by atoms with Crippen LogP contribution in [0.15, 0.2) is 17.0 Å². The number of nitro benzene ring substituents is 1. The molecule has 0 aliphatic carbocycles. The second-order valence-corrected chi connectivity index (χ2v) is 6.01. The first-order valence-corrected chi connectivity index (χ1v) is 7.34. The van der Waals surface area contributed by atoms with Crippen molar-refractivity contribution in [3.63, 3.8) is 0 Å². The summed E-state index contributed by atoms with van der Waals surface area (Å²) in [5.74, 6) is -0.0977. The lowest BCUT2D eigenvalue weighted by molar-refractivity contribution is -0.386. The minimum absolute atomic E-state index is 0.0892. The number of nitrogens with zero attached hydrogens (tertiary/aromatic N) is 1. The van der Waals surface area contributed by atoms with E-state index in [9.17, 15) is 18.5 Å². The number of hydrogen-bond acceptors (Lipinski definition) is 6. The molecule has 0 fully saturated rings. The van der Waals surface area contributed by atoms with Gasteiger partial charge in [-0.05, 0) is 0 Å². The molecule has 0 atom stereocenters. The van der Waals surface area contributed by atoms with Gasteiger partial charge in [-0.25, -0.2) is 8.42 Å². The highest BCUT2D eigenvalue weighted by Crippen LogP contribution is 2.35. The first-order valence-electron chi connectivity index (χ1n) is 5.07. The summed E-state index contributed by atoms with van der Waals surface area (Å²) < 4.78 is 32.8. The average molecular weight is 310 g/mol. The Bertz CT molecular complexity index is 586. The third kappa shape index (κ3) is 4.05. The summed E-state index contributed by atoms with van der Waals surface area (Å²) in [4.78, 5) is 9.87. The van der Waals surface area contributed by atoms with Crippen LogP contribution >= 0.6 is 11.6 Å². The van der Waals surface area contributed by atoms with E-state index in [-0.39, 0.29) is 28.9 Å². The maximum atomic E-state index is 11.4. The Morgan fingerprint density at radius 1 is 1.37 bits per heavy atom. The maximum Gasteiger partial charge on any atom is 0.312 e. The molecule has 1 rings (SSSR count). The van der Waals surface area contributed by atoms with Crippen LogP contribution in [0.4, 0.5) is 5.69 Å². The van der Waals surface area contributed by atoms with Gasteiger partial charge in [-0.3, -0.25) is 10.1 Å². The van der Waals surface area contributed by atoms with Crippen LogP contribution in [-0.2, 0) is 14.6 Å². The Kier molecular flexibility index (Phi) is 5.10. The summed E-state index contributed by atoms with van der Waals surface area (Å²) in [6.45, 7) is 0.328. The predicted molar refractivity (Wildman–Crippen MR) is 68.6 cm³/mol. The lowest BCUT2D eigenvalue weighted by Crippen LogP contribution is -2.07. The van der Waals surface area contributed by atoms with Gasteiger partial charge >= 0.3 is 5.69 Å². The van der Waals surface area contributed by atoms with Gasteiger partial charge < -0.3 is 9.47 Å². The second-order valence-electron chi connectivity index (χ2n) is 3.62. The number of ether oxygens (including phenoxy) is 2. The van der Waals surface area contributed by atoms with Crippen molar-refractivity contribution in [1.82, 2.24) is 0 Å². The molecule has 0 aliphatic heterocycles. The fourth-order valence-corrected chi connectivity index (χ4v) is 2.61. The summed E-state index contributed by atoms with van der Waals surface area (Å²) in [7, 11) is -2.19. The summed E-state index contributed by atoms with van der Waals surface area (Å²) in [5, 5.41) is 10.8. The lowest BCUT2D eigenvalue weighted by atomic mass is 10.3. The lowest BCUT2D eigenvalue weighted by Gasteiger charge is -2.09. The molecule has 19 heavy (non-hydrogen) atoms. The topological polar surface area (TPSA) is 95.7 Å². The third-order valence-corrected chi connectivity index (χ3v) is 3.72. The highest BCUT2D eigenvalue weighted by atomic mass is 35.5. The Labute approximate surface area is 115 Å². The van der Waals surface area contributed by atoms with Crippen LogP contribution in [0.2, 0.25) is 5.02 Å². The molecule has 7 nitrogen and oxygen atoms in total. The highest BCUT2D eigenvalue weighted by molar-refractivity contribution is 7.90. The molecule has 0 N–H and O–H groups in total. The van der Waals surface area contributed by atoms with Crippen LogP contribution in [0.25, 0.3) is 0 Å². The van der Waals surface area contributed by atoms with E-state index < -0.39 is 20.4 Å². The quantitative estimate of drug-likeness (QED) is 0.450. The Morgan fingerprint density at radius 3 is 2.47 bits per heavy atom. The number of benzene rings is 1. The Balaban J connectivity index is 3.26. The molecular formula is C10H12ClNO6S. The van der Waals surface area contributed by atoms with Crippen molar-refractivity contribution in [3.05, 3.63) is 27.3 Å². The van der Waals surface area contributed by atoms with E-state index in [2.05, 4.69) is 0 Å². The number of sulfone groups is 1. The maximum absolute atomic E-state index is 11.4. The number of hydrogen-bond donors (Lipinski definition) is 0. The van der Waals surface area contributed by atoms with E-state index in [0.29, 0.717) is 0 Å².